The molecule has 0 saturated carbocycles. The van der Waals surface area contributed by atoms with Crippen LogP contribution in [0.3, 0.4) is 0 Å². The molecule has 0 aliphatic heterocycles. The standard InChI is InChI=1S/C15H20N4O/c20-15(10-4-8-13-6-2-1-3-7-13)16-11-5-9-14-17-12-18-19-14/h1-3,6-7,12H,4-5,8-11H2,(H,16,20)(H,17,18,19). The SMILES string of the molecule is O=C(CCCc1ccccc1)NCCCc1ncn[nH]1. The minimum Gasteiger partial charge on any atom is -0.356 e. The molecule has 2 rings (SSSR count). The van der Waals surface area contributed by atoms with Crippen LogP contribution in [0, 0.1) is 0 Å². The van der Waals surface area contributed by atoms with Crippen LogP contribution in [0.2, 0.25) is 0 Å². The number of aryl methyl sites for hydroxylation is 2. The molecule has 20 heavy (non-hydrogen) atoms. The molecule has 0 atom stereocenters. The van der Waals surface area contributed by atoms with Gasteiger partial charge in [-0.3, -0.25) is 9.89 Å². The zero-order valence-corrected chi connectivity index (χ0v) is 11.5. The first-order valence-corrected chi connectivity index (χ1v) is 6.99. The number of nitrogens with one attached hydrogen (secondary N) is 2. The van der Waals surface area contributed by atoms with Gasteiger partial charge in [-0.05, 0) is 24.8 Å². The zero-order chi connectivity index (χ0) is 14.0. The van der Waals surface area contributed by atoms with Gasteiger partial charge >= 0.3 is 0 Å². The van der Waals surface area contributed by atoms with Gasteiger partial charge in [0.05, 0.1) is 0 Å². The largest absolute Gasteiger partial charge is 0.356 e. The highest BCUT2D eigenvalue weighted by molar-refractivity contribution is 5.75. The lowest BCUT2D eigenvalue weighted by molar-refractivity contribution is -0.121. The van der Waals surface area contributed by atoms with E-state index in [9.17, 15) is 4.79 Å². The summed E-state index contributed by atoms with van der Waals surface area (Å²) < 4.78 is 0. The third kappa shape index (κ3) is 5.22. The van der Waals surface area contributed by atoms with Gasteiger partial charge in [0.25, 0.3) is 0 Å². The monoisotopic (exact) mass is 272 g/mol. The second kappa shape index (κ2) is 8.09. The summed E-state index contributed by atoms with van der Waals surface area (Å²) in [4.78, 5) is 15.7. The highest BCUT2D eigenvalue weighted by atomic mass is 16.1. The van der Waals surface area contributed by atoms with Gasteiger partial charge < -0.3 is 5.32 Å². The molecule has 1 aromatic heterocycles. The molecule has 5 heteroatoms. The van der Waals surface area contributed by atoms with Gasteiger partial charge in [-0.25, -0.2) is 4.98 Å². The molecule has 0 aliphatic rings. The third-order valence-corrected chi connectivity index (χ3v) is 3.09. The maximum atomic E-state index is 11.6. The minimum absolute atomic E-state index is 0.124. The Kier molecular flexibility index (Phi) is 5.76. The summed E-state index contributed by atoms with van der Waals surface area (Å²) in [6.07, 6.45) is 5.60. The van der Waals surface area contributed by atoms with Crippen molar-refractivity contribution in [2.45, 2.75) is 32.1 Å². The van der Waals surface area contributed by atoms with Crippen molar-refractivity contribution in [3.63, 3.8) is 0 Å². The number of hydrogen-bond donors (Lipinski definition) is 2. The van der Waals surface area contributed by atoms with Crippen molar-refractivity contribution >= 4 is 5.91 Å². The number of H-pyrrole nitrogens is 1. The fraction of sp³-hybridized carbons (Fsp3) is 0.400. The quantitative estimate of drug-likeness (QED) is 0.721. The van der Waals surface area contributed by atoms with Crippen molar-refractivity contribution in [2.24, 2.45) is 0 Å². The molecule has 1 aromatic carbocycles. The zero-order valence-electron chi connectivity index (χ0n) is 11.5. The Labute approximate surface area is 118 Å². The number of aromatic amines is 1. The number of benzene rings is 1. The maximum Gasteiger partial charge on any atom is 0.220 e. The first kappa shape index (κ1) is 14.2. The molecule has 0 unspecified atom stereocenters. The fourth-order valence-corrected chi connectivity index (χ4v) is 2.02. The van der Waals surface area contributed by atoms with E-state index in [0.717, 1.165) is 31.5 Å². The van der Waals surface area contributed by atoms with Gasteiger partial charge in [0.2, 0.25) is 5.91 Å². The molecule has 0 radical (unpaired) electrons. The summed E-state index contributed by atoms with van der Waals surface area (Å²) in [5, 5.41) is 9.52. The van der Waals surface area contributed by atoms with E-state index in [1.54, 1.807) is 0 Å². The number of aromatic nitrogens is 3. The van der Waals surface area contributed by atoms with Crippen LogP contribution in [0.1, 0.15) is 30.7 Å². The summed E-state index contributed by atoms with van der Waals surface area (Å²) in [6.45, 7) is 0.685. The van der Waals surface area contributed by atoms with Crippen LogP contribution in [0.15, 0.2) is 36.7 Å². The first-order valence-electron chi connectivity index (χ1n) is 6.99. The van der Waals surface area contributed by atoms with E-state index in [4.69, 9.17) is 0 Å². The van der Waals surface area contributed by atoms with Gasteiger partial charge in [-0.2, -0.15) is 5.10 Å². The summed E-state index contributed by atoms with van der Waals surface area (Å²) in [6, 6.07) is 10.2. The second-order valence-electron chi connectivity index (χ2n) is 4.72. The van der Waals surface area contributed by atoms with Crippen LogP contribution in [0.25, 0.3) is 0 Å². The summed E-state index contributed by atoms with van der Waals surface area (Å²) >= 11 is 0. The van der Waals surface area contributed by atoms with Gasteiger partial charge in [0, 0.05) is 19.4 Å². The Balaban J connectivity index is 1.52. The highest BCUT2D eigenvalue weighted by Crippen LogP contribution is 2.04. The van der Waals surface area contributed by atoms with E-state index < -0.39 is 0 Å². The molecule has 1 amide bonds. The van der Waals surface area contributed by atoms with E-state index in [1.807, 2.05) is 18.2 Å². The Morgan fingerprint density at radius 1 is 1.15 bits per heavy atom. The number of nitrogens with zero attached hydrogens (tertiary/aromatic N) is 2. The average molecular weight is 272 g/mol. The molecule has 0 aliphatic carbocycles. The predicted octanol–water partition coefficient (Wildman–Crippen LogP) is 1.88. The Hall–Kier alpha value is -2.17. The van der Waals surface area contributed by atoms with Crippen molar-refractivity contribution in [2.75, 3.05) is 6.54 Å². The normalized spacial score (nSPS) is 10.4. The molecule has 2 aromatic rings. The van der Waals surface area contributed by atoms with E-state index >= 15 is 0 Å². The van der Waals surface area contributed by atoms with Crippen LogP contribution in [0.4, 0.5) is 0 Å². The molecule has 0 bridgehead atoms. The van der Waals surface area contributed by atoms with Crippen LogP contribution in [0.5, 0.6) is 0 Å². The summed E-state index contributed by atoms with van der Waals surface area (Å²) in [7, 11) is 0. The van der Waals surface area contributed by atoms with Gasteiger partial charge in [-0.1, -0.05) is 30.3 Å². The van der Waals surface area contributed by atoms with Crippen LogP contribution in [-0.4, -0.2) is 27.6 Å². The molecule has 2 N–H and O–H groups in total. The van der Waals surface area contributed by atoms with Crippen molar-refractivity contribution in [1.82, 2.24) is 20.5 Å². The maximum absolute atomic E-state index is 11.6. The molecular formula is C15H20N4O. The smallest absolute Gasteiger partial charge is 0.220 e. The lowest BCUT2D eigenvalue weighted by Crippen LogP contribution is -2.24. The molecule has 1 heterocycles. The Morgan fingerprint density at radius 3 is 2.75 bits per heavy atom. The van der Waals surface area contributed by atoms with Crippen molar-refractivity contribution in [3.05, 3.63) is 48.0 Å². The van der Waals surface area contributed by atoms with Gasteiger partial charge in [0.15, 0.2) is 0 Å². The molecule has 0 saturated heterocycles. The molecule has 5 nitrogen and oxygen atoms in total. The number of carbonyl (C=O) groups is 1. The second-order valence-corrected chi connectivity index (χ2v) is 4.72. The predicted molar refractivity (Wildman–Crippen MR) is 77.1 cm³/mol. The van der Waals surface area contributed by atoms with E-state index in [2.05, 4.69) is 32.6 Å². The number of hydrogen-bond acceptors (Lipinski definition) is 3. The molecular weight excluding hydrogens is 252 g/mol. The first-order chi connectivity index (χ1) is 9.84. The topological polar surface area (TPSA) is 70.7 Å². The Bertz CT molecular complexity index is 496. The van der Waals surface area contributed by atoms with Crippen LogP contribution in [-0.2, 0) is 17.6 Å². The van der Waals surface area contributed by atoms with Crippen molar-refractivity contribution < 1.29 is 4.79 Å². The number of carbonyl (C=O) groups excluding carboxylic acids is 1. The van der Waals surface area contributed by atoms with E-state index in [0.29, 0.717) is 13.0 Å². The van der Waals surface area contributed by atoms with Crippen molar-refractivity contribution in [3.8, 4) is 0 Å². The molecule has 106 valence electrons. The third-order valence-electron chi connectivity index (χ3n) is 3.09. The van der Waals surface area contributed by atoms with Gasteiger partial charge in [0.1, 0.15) is 12.2 Å². The fourth-order valence-electron chi connectivity index (χ4n) is 2.02. The highest BCUT2D eigenvalue weighted by Gasteiger charge is 2.02. The number of amides is 1. The molecule has 0 spiro atoms. The molecule has 0 fully saturated rings. The summed E-state index contributed by atoms with van der Waals surface area (Å²) in [5.41, 5.74) is 1.28. The van der Waals surface area contributed by atoms with E-state index in [-0.39, 0.29) is 5.91 Å². The lowest BCUT2D eigenvalue weighted by atomic mass is 10.1. The van der Waals surface area contributed by atoms with Crippen LogP contribution >= 0.6 is 0 Å². The summed E-state index contributed by atoms with van der Waals surface area (Å²) in [5.74, 6) is 0.988. The minimum atomic E-state index is 0.124. The van der Waals surface area contributed by atoms with Crippen molar-refractivity contribution in [1.29, 1.82) is 0 Å². The average Bonchev–Trinajstić information content (AvgIpc) is 2.98. The number of rotatable bonds is 8. The lowest BCUT2D eigenvalue weighted by Gasteiger charge is -2.04. The Morgan fingerprint density at radius 2 is 2.00 bits per heavy atom. The van der Waals surface area contributed by atoms with E-state index in [1.165, 1.54) is 11.9 Å². The van der Waals surface area contributed by atoms with Gasteiger partial charge in [-0.15, -0.1) is 0 Å². The van der Waals surface area contributed by atoms with Crippen LogP contribution < -0.4 is 5.32 Å².